The normalized spacial score (nSPS) is 17.2. The van der Waals surface area contributed by atoms with Crippen LogP contribution in [-0.4, -0.2) is 58.8 Å². The van der Waals surface area contributed by atoms with E-state index in [0.717, 1.165) is 12.8 Å². The SMILES string of the molecule is COc1cccc(-c2cn3nc(-c4nccn4C)nc(NC4CC(CO)C4)c3c2-c2ccn(C)n2)c1F. The Hall–Kier alpha value is -4.25. The molecule has 1 aromatic carbocycles. The number of hydrogen-bond acceptors (Lipinski definition) is 7. The lowest BCUT2D eigenvalue weighted by Gasteiger charge is -2.35. The molecule has 0 spiro atoms. The third-order valence-corrected chi connectivity index (χ3v) is 6.93. The Morgan fingerprint density at radius 2 is 1.97 bits per heavy atom. The summed E-state index contributed by atoms with van der Waals surface area (Å²) in [6, 6.07) is 7.11. The number of imidazole rings is 1. The third-order valence-electron chi connectivity index (χ3n) is 6.93. The topological polar surface area (TPSA) is 107 Å². The van der Waals surface area contributed by atoms with Gasteiger partial charge in [0.15, 0.2) is 23.2 Å². The number of aliphatic hydroxyl groups is 1. The first-order valence-corrected chi connectivity index (χ1v) is 12.1. The van der Waals surface area contributed by atoms with Crippen molar-refractivity contribution in [1.29, 1.82) is 0 Å². The van der Waals surface area contributed by atoms with Crippen molar-refractivity contribution in [3.05, 3.63) is 54.9 Å². The van der Waals surface area contributed by atoms with E-state index in [4.69, 9.17) is 14.8 Å². The van der Waals surface area contributed by atoms with Crippen molar-refractivity contribution in [1.82, 2.24) is 33.9 Å². The summed E-state index contributed by atoms with van der Waals surface area (Å²) in [7, 11) is 5.17. The van der Waals surface area contributed by atoms with E-state index in [0.29, 0.717) is 45.4 Å². The summed E-state index contributed by atoms with van der Waals surface area (Å²) in [6.45, 7) is 0.166. The average molecular weight is 503 g/mol. The number of nitrogens with one attached hydrogen (secondary N) is 1. The van der Waals surface area contributed by atoms with Crippen molar-refractivity contribution in [3.8, 4) is 39.8 Å². The first kappa shape index (κ1) is 23.2. The summed E-state index contributed by atoms with van der Waals surface area (Å²) in [6.07, 6.45) is 8.84. The Morgan fingerprint density at radius 1 is 1.14 bits per heavy atom. The molecular weight excluding hydrogens is 475 g/mol. The Balaban J connectivity index is 1.62. The van der Waals surface area contributed by atoms with Crippen molar-refractivity contribution in [2.75, 3.05) is 19.0 Å². The van der Waals surface area contributed by atoms with Gasteiger partial charge in [-0.1, -0.05) is 12.1 Å². The van der Waals surface area contributed by atoms with Crippen molar-refractivity contribution >= 4 is 11.3 Å². The number of benzene rings is 1. The molecule has 0 atom stereocenters. The standard InChI is InChI=1S/C26H27FN8O2/c1-33-10-8-28-26(33)25-30-24(29-16-11-15(12-16)14-36)23-21(19-7-9-34(2)31-19)18(13-35(23)32-25)17-5-4-6-20(37-3)22(17)27/h4-10,13,15-16,36H,11-12,14H2,1-3H3,(H,29,30,32). The van der Waals surface area contributed by atoms with Crippen molar-refractivity contribution in [2.45, 2.75) is 18.9 Å². The van der Waals surface area contributed by atoms with Crippen molar-refractivity contribution < 1.29 is 14.2 Å². The zero-order valence-electron chi connectivity index (χ0n) is 20.8. The van der Waals surface area contributed by atoms with E-state index in [1.165, 1.54) is 7.11 Å². The van der Waals surface area contributed by atoms with Crippen molar-refractivity contribution in [3.63, 3.8) is 0 Å². The molecule has 6 rings (SSSR count). The molecule has 1 aliphatic carbocycles. The summed E-state index contributed by atoms with van der Waals surface area (Å²) < 4.78 is 26.1. The number of hydrogen-bond donors (Lipinski definition) is 2. The molecule has 0 radical (unpaired) electrons. The van der Waals surface area contributed by atoms with Gasteiger partial charge in [-0.15, -0.1) is 5.10 Å². The first-order valence-electron chi connectivity index (χ1n) is 12.1. The van der Waals surface area contributed by atoms with Crippen LogP contribution < -0.4 is 10.1 Å². The fraction of sp³-hybridized carbons (Fsp3) is 0.308. The number of ether oxygens (including phenoxy) is 1. The summed E-state index contributed by atoms with van der Waals surface area (Å²) in [4.78, 5) is 9.32. The number of halogens is 1. The number of aryl methyl sites for hydroxylation is 2. The van der Waals surface area contributed by atoms with Gasteiger partial charge in [0.25, 0.3) is 0 Å². The smallest absolute Gasteiger partial charge is 0.218 e. The Labute approximate surface area is 212 Å². The number of rotatable bonds is 7. The Morgan fingerprint density at radius 3 is 2.65 bits per heavy atom. The van der Waals surface area contributed by atoms with Gasteiger partial charge in [0.05, 0.1) is 12.8 Å². The maximum atomic E-state index is 15.6. The second-order valence-corrected chi connectivity index (χ2v) is 9.41. The van der Waals surface area contributed by atoms with Gasteiger partial charge in [-0.25, -0.2) is 18.9 Å². The second-order valence-electron chi connectivity index (χ2n) is 9.41. The zero-order chi connectivity index (χ0) is 25.7. The van der Waals surface area contributed by atoms with Crippen LogP contribution in [0.1, 0.15) is 12.8 Å². The number of aliphatic hydroxyl groups excluding tert-OH is 1. The van der Waals surface area contributed by atoms with E-state index in [1.54, 1.807) is 39.8 Å². The number of aromatic nitrogens is 7. The molecule has 1 fully saturated rings. The highest BCUT2D eigenvalue weighted by atomic mass is 19.1. The molecule has 0 aliphatic heterocycles. The summed E-state index contributed by atoms with van der Waals surface area (Å²) in [5.41, 5.74) is 3.05. The molecule has 10 nitrogen and oxygen atoms in total. The van der Waals surface area contributed by atoms with Gasteiger partial charge in [-0.2, -0.15) is 5.10 Å². The van der Waals surface area contributed by atoms with E-state index >= 15 is 4.39 Å². The van der Waals surface area contributed by atoms with Gasteiger partial charge in [-0.05, 0) is 30.9 Å². The van der Waals surface area contributed by atoms with Crippen molar-refractivity contribution in [2.24, 2.45) is 20.0 Å². The molecule has 0 bridgehead atoms. The number of anilines is 1. The fourth-order valence-corrected chi connectivity index (χ4v) is 4.94. The predicted octanol–water partition coefficient (Wildman–Crippen LogP) is 3.53. The van der Waals surface area contributed by atoms with Crippen LogP contribution in [0.25, 0.3) is 39.5 Å². The highest BCUT2D eigenvalue weighted by Crippen LogP contribution is 2.42. The quantitative estimate of drug-likeness (QED) is 0.351. The Kier molecular flexibility index (Phi) is 5.64. The van der Waals surface area contributed by atoms with Gasteiger partial charge in [0.2, 0.25) is 5.82 Å². The van der Waals surface area contributed by atoms with E-state index in [1.807, 2.05) is 37.1 Å². The largest absolute Gasteiger partial charge is 0.494 e. The van der Waals surface area contributed by atoms with Gasteiger partial charge in [0, 0.05) is 68.2 Å². The molecule has 4 heterocycles. The molecule has 0 unspecified atom stereocenters. The summed E-state index contributed by atoms with van der Waals surface area (Å²) in [5.74, 6) is 1.60. The van der Waals surface area contributed by atoms with Crippen LogP contribution in [0.4, 0.5) is 10.2 Å². The molecule has 2 N–H and O–H groups in total. The molecule has 0 amide bonds. The minimum atomic E-state index is -0.463. The highest BCUT2D eigenvalue weighted by molar-refractivity contribution is 5.98. The van der Waals surface area contributed by atoms with E-state index in [9.17, 15) is 5.11 Å². The average Bonchev–Trinajstić information content (AvgIpc) is 3.58. The van der Waals surface area contributed by atoms with E-state index in [2.05, 4.69) is 15.4 Å². The van der Waals surface area contributed by atoms with Crippen LogP contribution in [0.15, 0.2) is 49.1 Å². The minimum absolute atomic E-state index is 0.147. The molecular formula is C26H27FN8O2. The lowest BCUT2D eigenvalue weighted by atomic mass is 9.81. The van der Waals surface area contributed by atoms with Crippen LogP contribution in [-0.2, 0) is 14.1 Å². The van der Waals surface area contributed by atoms with Crippen LogP contribution in [0.5, 0.6) is 5.75 Å². The fourth-order valence-electron chi connectivity index (χ4n) is 4.94. The van der Waals surface area contributed by atoms with Gasteiger partial charge >= 0.3 is 0 Å². The first-order chi connectivity index (χ1) is 18.0. The van der Waals surface area contributed by atoms with Crippen LogP contribution >= 0.6 is 0 Å². The minimum Gasteiger partial charge on any atom is -0.494 e. The summed E-state index contributed by atoms with van der Waals surface area (Å²) >= 11 is 0. The molecule has 4 aromatic heterocycles. The monoisotopic (exact) mass is 502 g/mol. The van der Waals surface area contributed by atoms with Crippen LogP contribution in [0.2, 0.25) is 0 Å². The molecule has 0 saturated heterocycles. The summed E-state index contributed by atoms with van der Waals surface area (Å²) in [5, 5.41) is 22.5. The molecule has 5 aromatic rings. The van der Waals surface area contributed by atoms with E-state index in [-0.39, 0.29) is 24.3 Å². The highest BCUT2D eigenvalue weighted by Gasteiger charge is 2.31. The number of nitrogens with zero attached hydrogens (tertiary/aromatic N) is 7. The lowest BCUT2D eigenvalue weighted by Crippen LogP contribution is -2.37. The van der Waals surface area contributed by atoms with Crippen LogP contribution in [0.3, 0.4) is 0 Å². The predicted molar refractivity (Wildman–Crippen MR) is 137 cm³/mol. The van der Waals surface area contributed by atoms with E-state index < -0.39 is 5.82 Å². The molecule has 37 heavy (non-hydrogen) atoms. The molecule has 1 aliphatic rings. The second kappa shape index (κ2) is 9.00. The zero-order valence-corrected chi connectivity index (χ0v) is 20.8. The van der Waals surface area contributed by atoms with Gasteiger partial charge < -0.3 is 19.7 Å². The molecule has 190 valence electrons. The third kappa shape index (κ3) is 3.91. The maximum absolute atomic E-state index is 15.6. The number of fused-ring (bicyclic) bond motifs is 1. The Bertz CT molecular complexity index is 1600. The van der Waals surface area contributed by atoms with Crippen LogP contribution in [0, 0.1) is 11.7 Å². The van der Waals surface area contributed by atoms with Gasteiger partial charge in [-0.3, -0.25) is 4.68 Å². The molecule has 1 saturated carbocycles. The lowest BCUT2D eigenvalue weighted by molar-refractivity contribution is 0.151. The van der Waals surface area contributed by atoms with Gasteiger partial charge in [0.1, 0.15) is 5.52 Å². The maximum Gasteiger partial charge on any atom is 0.218 e. The molecule has 11 heteroatoms. The number of methoxy groups -OCH3 is 1.